The molecule has 21 heavy (non-hydrogen) atoms. The summed E-state index contributed by atoms with van der Waals surface area (Å²) in [5.41, 5.74) is 2.92. The maximum absolute atomic E-state index is 12.3. The molecule has 3 nitrogen and oxygen atoms in total. The van der Waals surface area contributed by atoms with Gasteiger partial charge in [0, 0.05) is 22.2 Å². The van der Waals surface area contributed by atoms with Crippen LogP contribution in [0.25, 0.3) is 11.4 Å². The molecule has 2 aromatic rings. The molecule has 0 fully saturated rings. The molecule has 112 valence electrons. The number of nitrogens with zero attached hydrogens (tertiary/aromatic N) is 2. The predicted molar refractivity (Wildman–Crippen MR) is 77.8 cm³/mol. The molecule has 0 aliphatic heterocycles. The molecule has 0 saturated carbocycles. The van der Waals surface area contributed by atoms with E-state index in [0.717, 1.165) is 18.5 Å². The predicted octanol–water partition coefficient (Wildman–Crippen LogP) is 4.29. The van der Waals surface area contributed by atoms with Crippen LogP contribution in [0.3, 0.4) is 0 Å². The Balaban J connectivity index is 2.26. The molecule has 0 atom stereocenters. The van der Waals surface area contributed by atoms with Crippen molar-refractivity contribution in [3.05, 3.63) is 36.0 Å². The van der Waals surface area contributed by atoms with E-state index < -0.39 is 5.51 Å². The highest BCUT2D eigenvalue weighted by molar-refractivity contribution is 8.00. The molecule has 2 rings (SSSR count). The third-order valence-corrected chi connectivity index (χ3v) is 3.39. The van der Waals surface area contributed by atoms with Gasteiger partial charge in [0.25, 0.3) is 0 Å². The van der Waals surface area contributed by atoms with E-state index in [1.165, 1.54) is 12.1 Å². The molecular formula is C14H14F3N3S. The van der Waals surface area contributed by atoms with Gasteiger partial charge in [-0.05, 0) is 30.3 Å². The summed E-state index contributed by atoms with van der Waals surface area (Å²) >= 11 is -0.146. The number of benzene rings is 1. The van der Waals surface area contributed by atoms with Crippen molar-refractivity contribution in [2.75, 3.05) is 5.73 Å². The van der Waals surface area contributed by atoms with Gasteiger partial charge in [-0.15, -0.1) is 0 Å². The van der Waals surface area contributed by atoms with Gasteiger partial charge in [-0.1, -0.05) is 25.5 Å². The fourth-order valence-corrected chi connectivity index (χ4v) is 2.38. The number of anilines is 1. The number of hydrogen-bond acceptors (Lipinski definition) is 4. The molecule has 7 heteroatoms. The highest BCUT2D eigenvalue weighted by atomic mass is 32.2. The fourth-order valence-electron chi connectivity index (χ4n) is 1.84. The number of rotatable bonds is 4. The third kappa shape index (κ3) is 4.63. The number of thioether (sulfide) groups is 1. The number of nitrogen functional groups attached to an aromatic ring is 1. The molecule has 0 saturated heterocycles. The van der Waals surface area contributed by atoms with Crippen LogP contribution in [0.4, 0.5) is 19.0 Å². The summed E-state index contributed by atoms with van der Waals surface area (Å²) in [7, 11) is 0. The van der Waals surface area contributed by atoms with Gasteiger partial charge in [0.1, 0.15) is 5.82 Å². The van der Waals surface area contributed by atoms with Gasteiger partial charge in [-0.25, -0.2) is 9.97 Å². The zero-order valence-corrected chi connectivity index (χ0v) is 12.1. The van der Waals surface area contributed by atoms with E-state index in [9.17, 15) is 13.2 Å². The molecule has 0 amide bonds. The Morgan fingerprint density at radius 3 is 2.38 bits per heavy atom. The average molecular weight is 313 g/mol. The summed E-state index contributed by atoms with van der Waals surface area (Å²) in [6.45, 7) is 2.03. The molecule has 0 aliphatic rings. The standard InChI is InChI=1S/C14H14F3N3S/c1-2-3-10-8-12(18)20-13(19-10)9-4-6-11(7-5-9)21-14(15,16)17/h4-8H,2-3H2,1H3,(H2,18,19,20). The minimum absolute atomic E-state index is 0.129. The summed E-state index contributed by atoms with van der Waals surface area (Å²) in [5, 5.41) is 0. The highest BCUT2D eigenvalue weighted by Crippen LogP contribution is 2.37. The van der Waals surface area contributed by atoms with Crippen LogP contribution in [-0.2, 0) is 6.42 Å². The van der Waals surface area contributed by atoms with Gasteiger partial charge in [-0.2, -0.15) is 13.2 Å². The summed E-state index contributed by atoms with van der Waals surface area (Å²) in [6, 6.07) is 7.65. The van der Waals surface area contributed by atoms with Crippen molar-refractivity contribution in [3.63, 3.8) is 0 Å². The summed E-state index contributed by atoms with van der Waals surface area (Å²) < 4.78 is 36.8. The number of aromatic nitrogens is 2. The van der Waals surface area contributed by atoms with Gasteiger partial charge in [0.2, 0.25) is 0 Å². The van der Waals surface area contributed by atoms with E-state index in [1.54, 1.807) is 18.2 Å². The maximum atomic E-state index is 12.3. The van der Waals surface area contributed by atoms with E-state index in [4.69, 9.17) is 5.73 Å². The second-order valence-corrected chi connectivity index (χ2v) is 5.57. The van der Waals surface area contributed by atoms with Crippen LogP contribution in [0, 0.1) is 0 Å². The molecule has 0 radical (unpaired) electrons. The van der Waals surface area contributed by atoms with Crippen molar-refractivity contribution < 1.29 is 13.2 Å². The first-order chi connectivity index (χ1) is 9.87. The van der Waals surface area contributed by atoms with Crippen molar-refractivity contribution in [1.29, 1.82) is 0 Å². The molecule has 0 aliphatic carbocycles. The highest BCUT2D eigenvalue weighted by Gasteiger charge is 2.29. The van der Waals surface area contributed by atoms with Crippen molar-refractivity contribution in [1.82, 2.24) is 9.97 Å². The molecule has 1 aromatic heterocycles. The zero-order valence-electron chi connectivity index (χ0n) is 11.3. The molecule has 1 heterocycles. The quantitative estimate of drug-likeness (QED) is 0.856. The van der Waals surface area contributed by atoms with Crippen LogP contribution in [0.1, 0.15) is 19.0 Å². The Labute approximate surface area is 124 Å². The number of nitrogens with two attached hydrogens (primary N) is 1. The fraction of sp³-hybridized carbons (Fsp3) is 0.286. The van der Waals surface area contributed by atoms with Crippen LogP contribution < -0.4 is 5.73 Å². The second-order valence-electron chi connectivity index (χ2n) is 4.43. The van der Waals surface area contributed by atoms with E-state index in [1.807, 2.05) is 6.92 Å². The second kappa shape index (κ2) is 6.34. The Morgan fingerprint density at radius 1 is 1.14 bits per heavy atom. The summed E-state index contributed by atoms with van der Waals surface area (Å²) in [4.78, 5) is 8.63. The number of hydrogen-bond donors (Lipinski definition) is 1. The lowest BCUT2D eigenvalue weighted by Crippen LogP contribution is -2.01. The van der Waals surface area contributed by atoms with Gasteiger partial charge in [-0.3, -0.25) is 0 Å². The Kier molecular flexibility index (Phi) is 4.72. The summed E-state index contributed by atoms with van der Waals surface area (Å²) in [5.74, 6) is 0.791. The smallest absolute Gasteiger partial charge is 0.384 e. The minimum atomic E-state index is -4.29. The average Bonchev–Trinajstić information content (AvgIpc) is 2.37. The van der Waals surface area contributed by atoms with E-state index >= 15 is 0 Å². The van der Waals surface area contributed by atoms with Crippen LogP contribution >= 0.6 is 11.8 Å². The summed E-state index contributed by atoms with van der Waals surface area (Å²) in [6.07, 6.45) is 1.71. The molecule has 0 unspecified atom stereocenters. The van der Waals surface area contributed by atoms with Crippen molar-refractivity contribution in [2.45, 2.75) is 30.2 Å². The van der Waals surface area contributed by atoms with Gasteiger partial charge in [0.15, 0.2) is 5.82 Å². The van der Waals surface area contributed by atoms with Crippen molar-refractivity contribution in [2.24, 2.45) is 0 Å². The van der Waals surface area contributed by atoms with Crippen molar-refractivity contribution >= 4 is 17.6 Å². The van der Waals surface area contributed by atoms with Gasteiger partial charge in [0.05, 0.1) is 0 Å². The van der Waals surface area contributed by atoms with E-state index in [-0.39, 0.29) is 16.7 Å². The third-order valence-electron chi connectivity index (χ3n) is 2.65. The van der Waals surface area contributed by atoms with Crippen LogP contribution in [0.15, 0.2) is 35.2 Å². The minimum Gasteiger partial charge on any atom is -0.384 e. The maximum Gasteiger partial charge on any atom is 0.446 e. The lowest BCUT2D eigenvalue weighted by Gasteiger charge is -2.07. The molecule has 1 aromatic carbocycles. The van der Waals surface area contributed by atoms with Crippen LogP contribution in [0.5, 0.6) is 0 Å². The van der Waals surface area contributed by atoms with Gasteiger partial charge < -0.3 is 5.73 Å². The Bertz CT molecular complexity index is 612. The number of halogens is 3. The lowest BCUT2D eigenvalue weighted by atomic mass is 10.2. The first-order valence-corrected chi connectivity index (χ1v) is 7.18. The van der Waals surface area contributed by atoms with Gasteiger partial charge >= 0.3 is 5.51 Å². The van der Waals surface area contributed by atoms with E-state index in [0.29, 0.717) is 17.2 Å². The van der Waals surface area contributed by atoms with E-state index in [2.05, 4.69) is 9.97 Å². The normalized spacial score (nSPS) is 11.6. The van der Waals surface area contributed by atoms with Crippen molar-refractivity contribution in [3.8, 4) is 11.4 Å². The molecule has 0 bridgehead atoms. The molecule has 2 N–H and O–H groups in total. The zero-order chi connectivity index (χ0) is 15.5. The topological polar surface area (TPSA) is 51.8 Å². The Hall–Kier alpha value is -1.76. The lowest BCUT2D eigenvalue weighted by molar-refractivity contribution is -0.0328. The first-order valence-electron chi connectivity index (χ1n) is 6.37. The first kappa shape index (κ1) is 15.6. The van der Waals surface area contributed by atoms with Crippen LogP contribution in [-0.4, -0.2) is 15.5 Å². The number of aryl methyl sites for hydroxylation is 1. The number of alkyl halides is 3. The molecule has 0 spiro atoms. The largest absolute Gasteiger partial charge is 0.446 e. The Morgan fingerprint density at radius 2 is 1.81 bits per heavy atom. The SMILES string of the molecule is CCCc1cc(N)nc(-c2ccc(SC(F)(F)F)cc2)n1. The van der Waals surface area contributed by atoms with Crippen LogP contribution in [0.2, 0.25) is 0 Å². The molecular weight excluding hydrogens is 299 g/mol. The monoisotopic (exact) mass is 313 g/mol.